The molecule has 0 radical (unpaired) electrons. The Morgan fingerprint density at radius 2 is 1.82 bits per heavy atom. The fraction of sp³-hybridized carbons (Fsp3) is 0.393. The van der Waals surface area contributed by atoms with Crippen LogP contribution >= 0.6 is 27.5 Å². The largest absolute Gasteiger partial charge is 0.495 e. The lowest BCUT2D eigenvalue weighted by atomic mass is 10.1. The fourth-order valence-electron chi connectivity index (χ4n) is 3.81. The maximum Gasteiger partial charge on any atom is 0.410 e. The van der Waals surface area contributed by atoms with E-state index in [1.165, 1.54) is 19.1 Å². The summed E-state index contributed by atoms with van der Waals surface area (Å²) in [5.74, 6) is 0.255. The van der Waals surface area contributed by atoms with Gasteiger partial charge in [0.2, 0.25) is 11.2 Å². The van der Waals surface area contributed by atoms with Crippen LogP contribution < -0.4 is 14.9 Å². The van der Waals surface area contributed by atoms with Crippen LogP contribution in [0.25, 0.3) is 22.3 Å². The van der Waals surface area contributed by atoms with Gasteiger partial charge in [-0.15, -0.1) is 0 Å². The van der Waals surface area contributed by atoms with Gasteiger partial charge in [0.25, 0.3) is 0 Å². The maximum atomic E-state index is 13.5. The van der Waals surface area contributed by atoms with E-state index < -0.39 is 23.1 Å². The van der Waals surface area contributed by atoms with E-state index in [0.29, 0.717) is 32.0 Å². The topological polar surface area (TPSA) is 105 Å². The number of carbonyl (C=O) groups is 2. The van der Waals surface area contributed by atoms with Gasteiger partial charge in [0, 0.05) is 18.7 Å². The standard InChI is InChI=1S/C28H31BrClNO8/c1-7-37-22(32)10-11-31(27(34)39-28(2,3)4)15-16-12-18-23(33)26(36-6)24(38-25(18)19(29)13-16)17-8-9-21(35-5)20(30)14-17/h8-9,12-14H,7,10-11,15H2,1-6H3. The lowest BCUT2D eigenvalue weighted by Crippen LogP contribution is -2.37. The highest BCUT2D eigenvalue weighted by atomic mass is 79.9. The van der Waals surface area contributed by atoms with E-state index in [-0.39, 0.29) is 43.0 Å². The van der Waals surface area contributed by atoms with Crippen molar-refractivity contribution in [1.29, 1.82) is 0 Å². The molecule has 0 bridgehead atoms. The normalized spacial score (nSPS) is 11.3. The molecule has 1 aromatic heterocycles. The Morgan fingerprint density at radius 3 is 2.41 bits per heavy atom. The summed E-state index contributed by atoms with van der Waals surface area (Å²) in [4.78, 5) is 39.8. The number of nitrogens with zero attached hydrogens (tertiary/aromatic N) is 1. The summed E-state index contributed by atoms with van der Waals surface area (Å²) >= 11 is 9.80. The molecule has 0 aliphatic heterocycles. The molecule has 1 amide bonds. The molecule has 210 valence electrons. The highest BCUT2D eigenvalue weighted by Gasteiger charge is 2.25. The van der Waals surface area contributed by atoms with Crippen molar-refractivity contribution >= 4 is 50.6 Å². The summed E-state index contributed by atoms with van der Waals surface area (Å²) in [5, 5.41) is 0.591. The molecule has 39 heavy (non-hydrogen) atoms. The third-order valence-corrected chi connectivity index (χ3v) is 6.38. The second-order valence-corrected chi connectivity index (χ2v) is 10.8. The van der Waals surface area contributed by atoms with E-state index in [4.69, 9.17) is 35.0 Å². The number of carbonyl (C=O) groups excluding carboxylic acids is 2. The average Bonchev–Trinajstić information content (AvgIpc) is 2.86. The van der Waals surface area contributed by atoms with Gasteiger partial charge in [-0.25, -0.2) is 4.79 Å². The molecule has 0 unspecified atom stereocenters. The van der Waals surface area contributed by atoms with E-state index in [1.807, 2.05) is 0 Å². The lowest BCUT2D eigenvalue weighted by Gasteiger charge is -2.27. The van der Waals surface area contributed by atoms with Gasteiger partial charge in [0.05, 0.1) is 42.1 Å². The first-order chi connectivity index (χ1) is 18.4. The third-order valence-electron chi connectivity index (χ3n) is 5.50. The first-order valence-corrected chi connectivity index (χ1v) is 13.4. The summed E-state index contributed by atoms with van der Waals surface area (Å²) in [6, 6.07) is 8.37. The monoisotopic (exact) mass is 623 g/mol. The second-order valence-electron chi connectivity index (χ2n) is 9.55. The Labute approximate surface area is 240 Å². The molecule has 0 atom stereocenters. The number of hydrogen-bond donors (Lipinski definition) is 0. The van der Waals surface area contributed by atoms with Crippen molar-refractivity contribution in [2.75, 3.05) is 27.4 Å². The second kappa shape index (κ2) is 12.7. The Kier molecular flexibility index (Phi) is 9.90. The van der Waals surface area contributed by atoms with Crippen molar-refractivity contribution in [3.05, 3.63) is 55.6 Å². The molecule has 0 saturated carbocycles. The number of rotatable bonds is 9. The van der Waals surface area contributed by atoms with Crippen molar-refractivity contribution in [1.82, 2.24) is 4.90 Å². The molecule has 2 aromatic carbocycles. The van der Waals surface area contributed by atoms with E-state index in [0.717, 1.165) is 0 Å². The Bertz CT molecular complexity index is 1430. The number of halogens is 2. The Hall–Kier alpha value is -3.24. The van der Waals surface area contributed by atoms with Crippen LogP contribution in [0.15, 0.2) is 44.0 Å². The predicted molar refractivity (Wildman–Crippen MR) is 152 cm³/mol. The summed E-state index contributed by atoms with van der Waals surface area (Å²) in [6.07, 6.45) is -0.606. The molecular formula is C28H31BrClNO8. The molecule has 0 fully saturated rings. The first kappa shape index (κ1) is 30.3. The highest BCUT2D eigenvalue weighted by molar-refractivity contribution is 9.10. The Morgan fingerprint density at radius 1 is 1.10 bits per heavy atom. The van der Waals surface area contributed by atoms with Gasteiger partial charge < -0.3 is 28.3 Å². The molecule has 11 heteroatoms. The predicted octanol–water partition coefficient (Wildman–Crippen LogP) is 6.58. The van der Waals surface area contributed by atoms with Crippen molar-refractivity contribution < 1.29 is 33.0 Å². The van der Waals surface area contributed by atoms with Gasteiger partial charge in [0.15, 0.2) is 11.3 Å². The zero-order valence-electron chi connectivity index (χ0n) is 22.7. The molecule has 3 aromatic rings. The molecule has 0 saturated heterocycles. The minimum Gasteiger partial charge on any atom is -0.495 e. The highest BCUT2D eigenvalue weighted by Crippen LogP contribution is 2.37. The summed E-state index contributed by atoms with van der Waals surface area (Å²) in [5.41, 5.74) is 0.292. The van der Waals surface area contributed by atoms with Crippen LogP contribution in [0, 0.1) is 0 Å². The third kappa shape index (κ3) is 7.45. The van der Waals surface area contributed by atoms with Crippen LogP contribution in [0.1, 0.15) is 39.7 Å². The number of fused-ring (bicyclic) bond motifs is 1. The van der Waals surface area contributed by atoms with Crippen LogP contribution in [0.5, 0.6) is 11.5 Å². The van der Waals surface area contributed by atoms with Gasteiger partial charge in [-0.2, -0.15) is 0 Å². The van der Waals surface area contributed by atoms with Crippen molar-refractivity contribution in [3.8, 4) is 22.8 Å². The number of methoxy groups -OCH3 is 2. The number of amides is 1. The van der Waals surface area contributed by atoms with Crippen molar-refractivity contribution in [3.63, 3.8) is 0 Å². The number of ether oxygens (including phenoxy) is 4. The minimum absolute atomic E-state index is 0.000840. The lowest BCUT2D eigenvalue weighted by molar-refractivity contribution is -0.143. The summed E-state index contributed by atoms with van der Waals surface area (Å²) in [7, 11) is 2.89. The maximum absolute atomic E-state index is 13.5. The van der Waals surface area contributed by atoms with Crippen LogP contribution in [-0.4, -0.2) is 49.9 Å². The SMILES string of the molecule is CCOC(=O)CCN(Cc1cc(Br)c2oc(-c3ccc(OC)c(Cl)c3)c(OC)c(=O)c2c1)C(=O)OC(C)(C)C. The quantitative estimate of drug-likeness (QED) is 0.246. The number of hydrogen-bond acceptors (Lipinski definition) is 8. The average molecular weight is 625 g/mol. The molecular weight excluding hydrogens is 594 g/mol. The van der Waals surface area contributed by atoms with E-state index >= 15 is 0 Å². The van der Waals surface area contributed by atoms with E-state index in [2.05, 4.69) is 15.9 Å². The van der Waals surface area contributed by atoms with Crippen LogP contribution in [0.2, 0.25) is 5.02 Å². The minimum atomic E-state index is -0.738. The van der Waals surface area contributed by atoms with Gasteiger partial charge in [-0.1, -0.05) is 11.6 Å². The van der Waals surface area contributed by atoms with Gasteiger partial charge in [-0.05, 0) is 79.5 Å². The van der Waals surface area contributed by atoms with Crippen LogP contribution in [0.4, 0.5) is 4.79 Å². The molecule has 0 aliphatic rings. The van der Waals surface area contributed by atoms with Crippen molar-refractivity contribution in [2.24, 2.45) is 0 Å². The first-order valence-electron chi connectivity index (χ1n) is 12.2. The molecule has 0 aliphatic carbocycles. The van der Waals surface area contributed by atoms with Crippen molar-refractivity contribution in [2.45, 2.75) is 46.3 Å². The van der Waals surface area contributed by atoms with Gasteiger partial charge >= 0.3 is 12.1 Å². The number of benzene rings is 2. The molecule has 0 N–H and O–H groups in total. The van der Waals surface area contributed by atoms with Crippen LogP contribution in [0.3, 0.4) is 0 Å². The van der Waals surface area contributed by atoms with Crippen LogP contribution in [-0.2, 0) is 20.8 Å². The van der Waals surface area contributed by atoms with Gasteiger partial charge in [-0.3, -0.25) is 9.59 Å². The number of esters is 1. The zero-order valence-corrected chi connectivity index (χ0v) is 25.0. The molecule has 0 spiro atoms. The molecule has 1 heterocycles. The van der Waals surface area contributed by atoms with E-state index in [1.54, 1.807) is 58.0 Å². The van der Waals surface area contributed by atoms with Gasteiger partial charge in [0.1, 0.15) is 11.4 Å². The fourth-order valence-corrected chi connectivity index (χ4v) is 4.66. The zero-order chi connectivity index (χ0) is 28.9. The summed E-state index contributed by atoms with van der Waals surface area (Å²) < 4.78 is 27.8. The molecule has 3 rings (SSSR count). The van der Waals surface area contributed by atoms with E-state index in [9.17, 15) is 14.4 Å². The molecule has 9 nitrogen and oxygen atoms in total. The Balaban J connectivity index is 2.05. The smallest absolute Gasteiger partial charge is 0.410 e. The summed E-state index contributed by atoms with van der Waals surface area (Å²) in [6.45, 7) is 7.36.